The number of carbonyl (C=O) groups is 2. The molecule has 2 unspecified atom stereocenters. The lowest BCUT2D eigenvalue weighted by Gasteiger charge is -2.13. The van der Waals surface area contributed by atoms with Crippen molar-refractivity contribution in [3.05, 3.63) is 0 Å². The zero-order valence-electron chi connectivity index (χ0n) is 7.53. The van der Waals surface area contributed by atoms with Crippen molar-refractivity contribution in [1.29, 1.82) is 0 Å². The fraction of sp³-hybridized carbons (Fsp3) is 0.750. The average Bonchev–Trinajstić information content (AvgIpc) is 1.98. The van der Waals surface area contributed by atoms with Crippen LogP contribution in [0, 0.1) is 11.8 Å². The van der Waals surface area contributed by atoms with Gasteiger partial charge in [0, 0.05) is 12.7 Å². The minimum Gasteiger partial charge on any atom is -0.481 e. The van der Waals surface area contributed by atoms with Crippen LogP contribution in [0.15, 0.2) is 0 Å². The number of carbonyl (C=O) groups excluding carboxylic acids is 1. The highest BCUT2D eigenvalue weighted by Crippen LogP contribution is 2.17. The molecule has 1 N–H and O–H groups in total. The summed E-state index contributed by atoms with van der Waals surface area (Å²) in [6, 6.07) is 0. The smallest absolute Gasteiger partial charge is 0.306 e. The summed E-state index contributed by atoms with van der Waals surface area (Å²) in [6.07, 6.45) is 0. The van der Waals surface area contributed by atoms with E-state index in [1.165, 1.54) is 18.7 Å². The minimum absolute atomic E-state index is 0.0383. The summed E-state index contributed by atoms with van der Waals surface area (Å²) < 4.78 is 0. The summed E-state index contributed by atoms with van der Waals surface area (Å²) in [6.45, 7) is 4.99. The van der Waals surface area contributed by atoms with Gasteiger partial charge in [-0.2, -0.15) is 0 Å². The van der Waals surface area contributed by atoms with Crippen molar-refractivity contribution in [3.8, 4) is 0 Å². The molecule has 0 fully saturated rings. The quantitative estimate of drug-likeness (QED) is 0.732. The Balaban J connectivity index is 3.79. The van der Waals surface area contributed by atoms with E-state index in [1.54, 1.807) is 6.92 Å². The fourth-order valence-corrected chi connectivity index (χ4v) is 1.42. The van der Waals surface area contributed by atoms with Gasteiger partial charge >= 0.3 is 5.97 Å². The van der Waals surface area contributed by atoms with Gasteiger partial charge in [-0.15, -0.1) is 0 Å². The predicted octanol–water partition coefficient (Wildman–Crippen LogP) is 1.62. The zero-order valence-corrected chi connectivity index (χ0v) is 8.35. The SMILES string of the molecule is CC(=O)SCC(C)C(C)C(=O)O. The van der Waals surface area contributed by atoms with E-state index in [0.29, 0.717) is 5.75 Å². The Morgan fingerprint density at radius 1 is 1.42 bits per heavy atom. The maximum Gasteiger partial charge on any atom is 0.306 e. The second-order valence-corrected chi connectivity index (χ2v) is 4.10. The predicted molar refractivity (Wildman–Crippen MR) is 49.1 cm³/mol. The van der Waals surface area contributed by atoms with Gasteiger partial charge in [0.1, 0.15) is 0 Å². The maximum atomic E-state index is 10.6. The van der Waals surface area contributed by atoms with Gasteiger partial charge in [0.25, 0.3) is 0 Å². The van der Waals surface area contributed by atoms with Gasteiger partial charge in [-0.25, -0.2) is 0 Å². The van der Waals surface area contributed by atoms with Crippen molar-refractivity contribution in [3.63, 3.8) is 0 Å². The summed E-state index contributed by atoms with van der Waals surface area (Å²) in [7, 11) is 0. The van der Waals surface area contributed by atoms with E-state index >= 15 is 0 Å². The van der Waals surface area contributed by atoms with Gasteiger partial charge in [-0.05, 0) is 5.92 Å². The molecule has 2 atom stereocenters. The first-order chi connectivity index (χ1) is 5.45. The monoisotopic (exact) mass is 190 g/mol. The van der Waals surface area contributed by atoms with Crippen LogP contribution in [0.2, 0.25) is 0 Å². The van der Waals surface area contributed by atoms with Crippen molar-refractivity contribution in [2.24, 2.45) is 11.8 Å². The molecular weight excluding hydrogens is 176 g/mol. The molecular formula is C8H14O3S. The number of aliphatic carboxylic acids is 1. The topological polar surface area (TPSA) is 54.4 Å². The molecule has 0 aromatic rings. The first kappa shape index (κ1) is 11.5. The molecule has 0 aliphatic carbocycles. The van der Waals surface area contributed by atoms with Crippen molar-refractivity contribution in [1.82, 2.24) is 0 Å². The van der Waals surface area contributed by atoms with Crippen LogP contribution in [-0.4, -0.2) is 21.9 Å². The number of thioether (sulfide) groups is 1. The Labute approximate surface area is 76.5 Å². The Kier molecular flexibility index (Phi) is 4.97. The van der Waals surface area contributed by atoms with Crippen LogP contribution in [0.5, 0.6) is 0 Å². The number of carboxylic acids is 1. The van der Waals surface area contributed by atoms with Crippen LogP contribution in [0.4, 0.5) is 0 Å². The normalized spacial score (nSPS) is 15.2. The van der Waals surface area contributed by atoms with Crippen LogP contribution < -0.4 is 0 Å². The number of carboxylic acid groups (broad SMARTS) is 1. The number of hydrogen-bond acceptors (Lipinski definition) is 3. The molecule has 0 rings (SSSR count). The Morgan fingerprint density at radius 3 is 2.25 bits per heavy atom. The molecule has 3 nitrogen and oxygen atoms in total. The van der Waals surface area contributed by atoms with Gasteiger partial charge in [0.2, 0.25) is 0 Å². The Hall–Kier alpha value is -0.510. The second-order valence-electron chi connectivity index (χ2n) is 2.91. The third kappa shape index (κ3) is 4.38. The lowest BCUT2D eigenvalue weighted by molar-refractivity contribution is -0.142. The van der Waals surface area contributed by atoms with Crippen LogP contribution in [0.1, 0.15) is 20.8 Å². The molecule has 0 saturated carbocycles. The summed E-state index contributed by atoms with van der Waals surface area (Å²) in [5.74, 6) is -0.553. The van der Waals surface area contributed by atoms with E-state index in [4.69, 9.17) is 5.11 Å². The van der Waals surface area contributed by atoms with Crippen LogP contribution in [0.25, 0.3) is 0 Å². The number of hydrogen-bond donors (Lipinski definition) is 1. The molecule has 0 saturated heterocycles. The molecule has 0 bridgehead atoms. The Morgan fingerprint density at radius 2 is 1.92 bits per heavy atom. The molecule has 0 aliphatic heterocycles. The van der Waals surface area contributed by atoms with Crippen LogP contribution in [-0.2, 0) is 9.59 Å². The van der Waals surface area contributed by atoms with Crippen molar-refractivity contribution in [2.45, 2.75) is 20.8 Å². The molecule has 0 amide bonds. The highest BCUT2D eigenvalue weighted by atomic mass is 32.2. The van der Waals surface area contributed by atoms with E-state index in [9.17, 15) is 9.59 Å². The minimum atomic E-state index is -0.799. The van der Waals surface area contributed by atoms with E-state index in [0.717, 1.165) is 0 Å². The van der Waals surface area contributed by atoms with Crippen molar-refractivity contribution >= 4 is 22.8 Å². The van der Waals surface area contributed by atoms with E-state index in [-0.39, 0.29) is 17.0 Å². The summed E-state index contributed by atoms with van der Waals surface area (Å²) in [5, 5.41) is 8.66. The van der Waals surface area contributed by atoms with Gasteiger partial charge in [0.15, 0.2) is 5.12 Å². The van der Waals surface area contributed by atoms with Gasteiger partial charge < -0.3 is 5.11 Å². The molecule has 0 heterocycles. The lowest BCUT2D eigenvalue weighted by atomic mass is 9.98. The first-order valence-corrected chi connectivity index (χ1v) is 4.80. The highest BCUT2D eigenvalue weighted by Gasteiger charge is 2.19. The summed E-state index contributed by atoms with van der Waals surface area (Å²) in [4.78, 5) is 21.0. The molecule has 0 aromatic carbocycles. The van der Waals surface area contributed by atoms with E-state index in [2.05, 4.69) is 0 Å². The van der Waals surface area contributed by atoms with E-state index in [1.807, 2.05) is 6.92 Å². The zero-order chi connectivity index (χ0) is 9.72. The first-order valence-electron chi connectivity index (χ1n) is 3.81. The molecule has 70 valence electrons. The third-order valence-electron chi connectivity index (χ3n) is 1.79. The molecule has 0 aromatic heterocycles. The second kappa shape index (κ2) is 5.19. The van der Waals surface area contributed by atoms with Crippen molar-refractivity contribution < 1.29 is 14.7 Å². The standard InChI is InChI=1S/C8H14O3S/c1-5(4-12-7(3)9)6(2)8(10)11/h5-6H,4H2,1-3H3,(H,10,11). The highest BCUT2D eigenvalue weighted by molar-refractivity contribution is 8.13. The Bertz CT molecular complexity index is 179. The fourth-order valence-electron chi connectivity index (χ4n) is 0.637. The average molecular weight is 190 g/mol. The molecule has 0 radical (unpaired) electrons. The third-order valence-corrected chi connectivity index (χ3v) is 2.89. The molecule has 4 heteroatoms. The van der Waals surface area contributed by atoms with Crippen LogP contribution >= 0.6 is 11.8 Å². The van der Waals surface area contributed by atoms with Gasteiger partial charge in [-0.1, -0.05) is 25.6 Å². The van der Waals surface area contributed by atoms with Crippen LogP contribution in [0.3, 0.4) is 0 Å². The van der Waals surface area contributed by atoms with Gasteiger partial charge in [0.05, 0.1) is 5.92 Å². The van der Waals surface area contributed by atoms with E-state index < -0.39 is 5.97 Å². The molecule has 0 spiro atoms. The summed E-state index contributed by atoms with van der Waals surface area (Å²) >= 11 is 1.18. The maximum absolute atomic E-state index is 10.6. The largest absolute Gasteiger partial charge is 0.481 e. The molecule has 12 heavy (non-hydrogen) atoms. The number of rotatable bonds is 4. The van der Waals surface area contributed by atoms with Crippen molar-refractivity contribution in [2.75, 3.05) is 5.75 Å². The molecule has 0 aliphatic rings. The summed E-state index contributed by atoms with van der Waals surface area (Å²) in [5.41, 5.74) is 0. The lowest BCUT2D eigenvalue weighted by Crippen LogP contribution is -2.20. The van der Waals surface area contributed by atoms with Gasteiger partial charge in [-0.3, -0.25) is 9.59 Å².